The minimum absolute atomic E-state index is 0.139. The van der Waals surface area contributed by atoms with Crippen LogP contribution in [-0.4, -0.2) is 37.2 Å². The van der Waals surface area contributed by atoms with Gasteiger partial charge in [0.15, 0.2) is 17.6 Å². The molecular weight excluding hydrogens is 372 g/mol. The van der Waals surface area contributed by atoms with Crippen LogP contribution in [0.3, 0.4) is 0 Å². The van der Waals surface area contributed by atoms with Crippen LogP contribution in [0.5, 0.6) is 11.5 Å². The molecule has 2 aromatic rings. The third-order valence-electron chi connectivity index (χ3n) is 3.73. The zero-order chi connectivity index (χ0) is 16.9. The number of fused-ring (bicyclic) bond motifs is 1. The van der Waals surface area contributed by atoms with Crippen molar-refractivity contribution in [1.29, 1.82) is 0 Å². The number of nitrogens with one attached hydrogen (secondary N) is 1. The van der Waals surface area contributed by atoms with Crippen LogP contribution in [0.4, 0.5) is 4.79 Å². The summed E-state index contributed by atoms with van der Waals surface area (Å²) in [5, 5.41) is 2.89. The van der Waals surface area contributed by atoms with Crippen molar-refractivity contribution in [1.82, 2.24) is 10.2 Å². The molecule has 0 fully saturated rings. The molecule has 1 atom stereocenters. The molecule has 0 aromatic heterocycles. The van der Waals surface area contributed by atoms with Crippen molar-refractivity contribution < 1.29 is 14.3 Å². The largest absolute Gasteiger partial charge is 0.486 e. The summed E-state index contributed by atoms with van der Waals surface area (Å²) >= 11 is 3.40. The summed E-state index contributed by atoms with van der Waals surface area (Å²) in [6, 6.07) is 15.3. The Hall–Kier alpha value is -2.21. The second kappa shape index (κ2) is 7.57. The molecule has 0 aliphatic carbocycles. The van der Waals surface area contributed by atoms with Gasteiger partial charge in [0, 0.05) is 18.1 Å². The van der Waals surface area contributed by atoms with Crippen LogP contribution in [0.1, 0.15) is 5.56 Å². The van der Waals surface area contributed by atoms with Crippen LogP contribution in [0.2, 0.25) is 0 Å². The Morgan fingerprint density at radius 1 is 1.21 bits per heavy atom. The number of carbonyl (C=O) groups is 1. The summed E-state index contributed by atoms with van der Waals surface area (Å²) < 4.78 is 12.5. The number of para-hydroxylation sites is 2. The third kappa shape index (κ3) is 4.20. The van der Waals surface area contributed by atoms with Crippen molar-refractivity contribution in [3.8, 4) is 11.5 Å². The predicted molar refractivity (Wildman–Crippen MR) is 95.4 cm³/mol. The van der Waals surface area contributed by atoms with Crippen molar-refractivity contribution in [2.24, 2.45) is 0 Å². The van der Waals surface area contributed by atoms with Gasteiger partial charge in [0.1, 0.15) is 6.61 Å². The van der Waals surface area contributed by atoms with Crippen molar-refractivity contribution >= 4 is 22.0 Å². The van der Waals surface area contributed by atoms with Crippen LogP contribution in [0.25, 0.3) is 0 Å². The molecule has 6 heteroatoms. The van der Waals surface area contributed by atoms with E-state index in [4.69, 9.17) is 9.47 Å². The maximum absolute atomic E-state index is 12.2. The zero-order valence-corrected chi connectivity index (χ0v) is 15.0. The Morgan fingerprint density at radius 2 is 1.92 bits per heavy atom. The van der Waals surface area contributed by atoms with E-state index in [9.17, 15) is 4.79 Å². The molecule has 24 heavy (non-hydrogen) atoms. The monoisotopic (exact) mass is 390 g/mol. The third-order valence-corrected chi connectivity index (χ3v) is 4.26. The highest BCUT2D eigenvalue weighted by Gasteiger charge is 2.21. The van der Waals surface area contributed by atoms with Crippen molar-refractivity contribution in [2.45, 2.75) is 12.6 Å². The molecule has 0 bridgehead atoms. The fourth-order valence-electron chi connectivity index (χ4n) is 2.44. The normalized spacial score (nSPS) is 15.7. The molecule has 1 aliphatic rings. The second-order valence-electron chi connectivity index (χ2n) is 5.67. The van der Waals surface area contributed by atoms with Gasteiger partial charge in [0.05, 0.1) is 6.54 Å². The van der Waals surface area contributed by atoms with Crippen LogP contribution in [0, 0.1) is 0 Å². The maximum atomic E-state index is 12.2. The van der Waals surface area contributed by atoms with Gasteiger partial charge in [-0.3, -0.25) is 0 Å². The standard InChI is InChI=1S/C18H19BrN2O3/c1-21(11-13-6-8-14(19)9-7-13)18(22)20-10-15-12-23-16-4-2-3-5-17(16)24-15/h2-9,15H,10-12H2,1H3,(H,20,22)/t15-/m1/s1. The van der Waals surface area contributed by atoms with Gasteiger partial charge in [-0.25, -0.2) is 4.79 Å². The van der Waals surface area contributed by atoms with E-state index in [1.807, 2.05) is 48.5 Å². The molecule has 0 unspecified atom stereocenters. The average molecular weight is 391 g/mol. The molecule has 1 heterocycles. The number of rotatable bonds is 4. The van der Waals surface area contributed by atoms with E-state index in [1.54, 1.807) is 11.9 Å². The Bertz CT molecular complexity index is 706. The number of urea groups is 1. The van der Waals surface area contributed by atoms with E-state index >= 15 is 0 Å². The lowest BCUT2D eigenvalue weighted by Gasteiger charge is -2.27. The molecule has 1 aliphatic heterocycles. The minimum Gasteiger partial charge on any atom is -0.486 e. The molecular formula is C18H19BrN2O3. The topological polar surface area (TPSA) is 50.8 Å². The zero-order valence-electron chi connectivity index (χ0n) is 13.4. The number of ether oxygens (including phenoxy) is 2. The summed E-state index contributed by atoms with van der Waals surface area (Å²) in [7, 11) is 1.77. The van der Waals surface area contributed by atoms with Gasteiger partial charge in [-0.05, 0) is 29.8 Å². The molecule has 0 saturated heterocycles. The lowest BCUT2D eigenvalue weighted by Crippen LogP contribution is -2.44. The number of amides is 2. The first kappa shape index (κ1) is 16.6. The van der Waals surface area contributed by atoms with E-state index in [-0.39, 0.29) is 12.1 Å². The lowest BCUT2D eigenvalue weighted by atomic mass is 10.2. The average Bonchev–Trinajstić information content (AvgIpc) is 2.61. The fraction of sp³-hybridized carbons (Fsp3) is 0.278. The first-order valence-corrected chi connectivity index (χ1v) is 8.53. The van der Waals surface area contributed by atoms with Gasteiger partial charge < -0.3 is 19.7 Å². The summed E-state index contributed by atoms with van der Waals surface area (Å²) in [5.74, 6) is 1.46. The second-order valence-corrected chi connectivity index (χ2v) is 6.58. The molecule has 126 valence electrons. The smallest absolute Gasteiger partial charge is 0.317 e. The number of hydrogen-bond donors (Lipinski definition) is 1. The molecule has 3 rings (SSSR count). The first-order valence-electron chi connectivity index (χ1n) is 7.74. The summed E-state index contributed by atoms with van der Waals surface area (Å²) in [6.07, 6.45) is -0.190. The van der Waals surface area contributed by atoms with Crippen LogP contribution < -0.4 is 14.8 Å². The van der Waals surface area contributed by atoms with Crippen molar-refractivity contribution in [2.75, 3.05) is 20.2 Å². The molecule has 2 amide bonds. The van der Waals surface area contributed by atoms with Crippen molar-refractivity contribution in [3.05, 3.63) is 58.6 Å². The highest BCUT2D eigenvalue weighted by molar-refractivity contribution is 9.10. The number of hydrogen-bond acceptors (Lipinski definition) is 3. The lowest BCUT2D eigenvalue weighted by molar-refractivity contribution is 0.0904. The molecule has 1 N–H and O–H groups in total. The molecule has 0 spiro atoms. The van der Waals surface area contributed by atoms with Gasteiger partial charge >= 0.3 is 6.03 Å². The van der Waals surface area contributed by atoms with Gasteiger partial charge in [0.2, 0.25) is 0 Å². The first-order chi connectivity index (χ1) is 11.6. The minimum atomic E-state index is -0.190. The number of halogens is 1. The molecule has 0 radical (unpaired) electrons. The predicted octanol–water partition coefficient (Wildman–Crippen LogP) is 3.43. The van der Waals surface area contributed by atoms with Gasteiger partial charge in [-0.15, -0.1) is 0 Å². The quantitative estimate of drug-likeness (QED) is 0.869. The van der Waals surface area contributed by atoms with E-state index in [0.29, 0.717) is 25.4 Å². The van der Waals surface area contributed by atoms with E-state index in [2.05, 4.69) is 21.2 Å². The van der Waals surface area contributed by atoms with E-state index in [1.165, 1.54) is 0 Å². The fourth-order valence-corrected chi connectivity index (χ4v) is 2.70. The van der Waals surface area contributed by atoms with Crippen LogP contribution in [-0.2, 0) is 6.54 Å². The summed E-state index contributed by atoms with van der Waals surface area (Å²) in [6.45, 7) is 1.37. The Labute approximate surface area is 149 Å². The number of nitrogens with zero attached hydrogens (tertiary/aromatic N) is 1. The maximum Gasteiger partial charge on any atom is 0.317 e. The molecule has 2 aromatic carbocycles. The van der Waals surface area contributed by atoms with E-state index < -0.39 is 0 Å². The highest BCUT2D eigenvalue weighted by Crippen LogP contribution is 2.30. The molecule has 0 saturated carbocycles. The summed E-state index contributed by atoms with van der Waals surface area (Å²) in [5.41, 5.74) is 1.07. The van der Waals surface area contributed by atoms with Gasteiger partial charge in [-0.2, -0.15) is 0 Å². The van der Waals surface area contributed by atoms with Gasteiger partial charge in [-0.1, -0.05) is 40.2 Å². The Morgan fingerprint density at radius 3 is 2.67 bits per heavy atom. The number of benzene rings is 2. The molecule has 5 nitrogen and oxygen atoms in total. The summed E-state index contributed by atoms with van der Waals surface area (Å²) in [4.78, 5) is 13.9. The Kier molecular flexibility index (Phi) is 5.25. The van der Waals surface area contributed by atoms with Crippen LogP contribution in [0.15, 0.2) is 53.0 Å². The van der Waals surface area contributed by atoms with Gasteiger partial charge in [0.25, 0.3) is 0 Å². The van der Waals surface area contributed by atoms with E-state index in [0.717, 1.165) is 15.8 Å². The highest BCUT2D eigenvalue weighted by atomic mass is 79.9. The SMILES string of the molecule is CN(Cc1ccc(Br)cc1)C(=O)NC[C@@H]1COc2ccccc2O1. The van der Waals surface area contributed by atoms with Crippen molar-refractivity contribution in [3.63, 3.8) is 0 Å². The number of carbonyl (C=O) groups excluding carboxylic acids is 1. The Balaban J connectivity index is 1.48. The van der Waals surface area contributed by atoms with Crippen LogP contribution >= 0.6 is 15.9 Å².